The van der Waals surface area contributed by atoms with Crippen LogP contribution < -0.4 is 5.32 Å². The standard InChI is InChI=1S/C13H25N3O/c1-10(2)13-12(8-16(4)15-13)7-14-6-11(3)9-17-5/h8,10-11,14H,6-7,9H2,1-5H3. The summed E-state index contributed by atoms with van der Waals surface area (Å²) in [7, 11) is 3.72. The highest BCUT2D eigenvalue weighted by molar-refractivity contribution is 5.19. The van der Waals surface area contributed by atoms with Crippen molar-refractivity contribution in [2.45, 2.75) is 33.2 Å². The second-order valence-electron chi connectivity index (χ2n) is 5.06. The number of rotatable bonds is 7. The number of ether oxygens (including phenoxy) is 1. The maximum Gasteiger partial charge on any atom is 0.0694 e. The number of nitrogens with one attached hydrogen (secondary N) is 1. The van der Waals surface area contributed by atoms with Gasteiger partial charge >= 0.3 is 0 Å². The maximum absolute atomic E-state index is 5.12. The minimum Gasteiger partial charge on any atom is -0.384 e. The van der Waals surface area contributed by atoms with Crippen LogP contribution in [0.5, 0.6) is 0 Å². The molecule has 1 aromatic rings. The molecule has 1 aromatic heterocycles. The summed E-state index contributed by atoms with van der Waals surface area (Å²) < 4.78 is 7.01. The van der Waals surface area contributed by atoms with Crippen molar-refractivity contribution in [3.63, 3.8) is 0 Å². The van der Waals surface area contributed by atoms with Gasteiger partial charge < -0.3 is 10.1 Å². The summed E-state index contributed by atoms with van der Waals surface area (Å²) in [4.78, 5) is 0. The topological polar surface area (TPSA) is 39.1 Å². The van der Waals surface area contributed by atoms with E-state index in [1.165, 1.54) is 11.3 Å². The van der Waals surface area contributed by atoms with Gasteiger partial charge in [0, 0.05) is 45.6 Å². The van der Waals surface area contributed by atoms with Gasteiger partial charge in [0.25, 0.3) is 0 Å². The average Bonchev–Trinajstić information content (AvgIpc) is 2.60. The zero-order valence-electron chi connectivity index (χ0n) is 11.7. The van der Waals surface area contributed by atoms with Crippen molar-refractivity contribution in [3.05, 3.63) is 17.5 Å². The molecule has 98 valence electrons. The number of hydrogen-bond acceptors (Lipinski definition) is 3. The van der Waals surface area contributed by atoms with Crippen molar-refractivity contribution >= 4 is 0 Å². The zero-order chi connectivity index (χ0) is 12.8. The highest BCUT2D eigenvalue weighted by atomic mass is 16.5. The highest BCUT2D eigenvalue weighted by Crippen LogP contribution is 2.16. The van der Waals surface area contributed by atoms with Crippen molar-refractivity contribution in [2.75, 3.05) is 20.3 Å². The molecule has 17 heavy (non-hydrogen) atoms. The third-order valence-corrected chi connectivity index (χ3v) is 2.74. The molecule has 1 atom stereocenters. The molecule has 1 unspecified atom stereocenters. The molecule has 4 heteroatoms. The van der Waals surface area contributed by atoms with Gasteiger partial charge in [0.05, 0.1) is 5.69 Å². The lowest BCUT2D eigenvalue weighted by molar-refractivity contribution is 0.158. The lowest BCUT2D eigenvalue weighted by atomic mass is 10.1. The third-order valence-electron chi connectivity index (χ3n) is 2.74. The number of aryl methyl sites for hydroxylation is 1. The van der Waals surface area contributed by atoms with Gasteiger partial charge in [0.1, 0.15) is 0 Å². The SMILES string of the molecule is COCC(C)CNCc1cn(C)nc1C(C)C. The van der Waals surface area contributed by atoms with Gasteiger partial charge in [-0.25, -0.2) is 0 Å². The van der Waals surface area contributed by atoms with Crippen LogP contribution in [0.3, 0.4) is 0 Å². The molecule has 0 radical (unpaired) electrons. The first-order valence-electron chi connectivity index (χ1n) is 6.26. The van der Waals surface area contributed by atoms with Crippen LogP contribution in [0.15, 0.2) is 6.20 Å². The zero-order valence-corrected chi connectivity index (χ0v) is 11.7. The van der Waals surface area contributed by atoms with E-state index >= 15 is 0 Å². The molecule has 1 N–H and O–H groups in total. The van der Waals surface area contributed by atoms with Gasteiger partial charge in [-0.3, -0.25) is 4.68 Å². The molecule has 0 amide bonds. The Morgan fingerprint density at radius 1 is 1.41 bits per heavy atom. The Labute approximate surface area is 104 Å². The van der Waals surface area contributed by atoms with E-state index in [2.05, 4.69) is 37.4 Å². The lowest BCUT2D eigenvalue weighted by Gasteiger charge is -2.11. The summed E-state index contributed by atoms with van der Waals surface area (Å²) in [6.07, 6.45) is 2.10. The Hall–Kier alpha value is -0.870. The molecule has 0 bridgehead atoms. The first kappa shape index (κ1) is 14.2. The van der Waals surface area contributed by atoms with E-state index in [9.17, 15) is 0 Å². The number of methoxy groups -OCH3 is 1. The van der Waals surface area contributed by atoms with Crippen molar-refractivity contribution in [1.82, 2.24) is 15.1 Å². The average molecular weight is 239 g/mol. The van der Waals surface area contributed by atoms with Crippen LogP contribution in [0.1, 0.15) is 37.9 Å². The maximum atomic E-state index is 5.12. The van der Waals surface area contributed by atoms with Crippen LogP contribution >= 0.6 is 0 Å². The summed E-state index contributed by atoms with van der Waals surface area (Å²) in [6.45, 7) is 9.20. The molecule has 0 aliphatic carbocycles. The molecule has 0 fully saturated rings. The van der Waals surface area contributed by atoms with Crippen molar-refractivity contribution < 1.29 is 4.74 Å². The smallest absolute Gasteiger partial charge is 0.0694 e. The van der Waals surface area contributed by atoms with Crippen LogP contribution in [0.25, 0.3) is 0 Å². The predicted molar refractivity (Wildman–Crippen MR) is 70.0 cm³/mol. The molecular formula is C13H25N3O. The van der Waals surface area contributed by atoms with E-state index in [-0.39, 0.29) is 0 Å². The van der Waals surface area contributed by atoms with Crippen LogP contribution in [-0.2, 0) is 18.3 Å². The van der Waals surface area contributed by atoms with Crippen LogP contribution in [0.2, 0.25) is 0 Å². The van der Waals surface area contributed by atoms with E-state index in [4.69, 9.17) is 4.74 Å². The van der Waals surface area contributed by atoms with Crippen LogP contribution in [-0.4, -0.2) is 30.0 Å². The minimum atomic E-state index is 0.476. The summed E-state index contributed by atoms with van der Waals surface area (Å²) in [5, 5.41) is 7.96. The van der Waals surface area contributed by atoms with Crippen LogP contribution in [0, 0.1) is 5.92 Å². The minimum absolute atomic E-state index is 0.476. The van der Waals surface area contributed by atoms with Crippen LogP contribution in [0.4, 0.5) is 0 Å². The van der Waals surface area contributed by atoms with Gasteiger partial charge in [0.15, 0.2) is 0 Å². The highest BCUT2D eigenvalue weighted by Gasteiger charge is 2.11. The van der Waals surface area contributed by atoms with Gasteiger partial charge in [0.2, 0.25) is 0 Å². The van der Waals surface area contributed by atoms with E-state index < -0.39 is 0 Å². The molecule has 0 aliphatic rings. The van der Waals surface area contributed by atoms with Crippen molar-refractivity contribution in [2.24, 2.45) is 13.0 Å². The van der Waals surface area contributed by atoms with Gasteiger partial charge in [-0.1, -0.05) is 20.8 Å². The summed E-state index contributed by atoms with van der Waals surface area (Å²) in [5.74, 6) is 1.02. The third kappa shape index (κ3) is 4.48. The first-order valence-corrected chi connectivity index (χ1v) is 6.26. The Morgan fingerprint density at radius 2 is 2.12 bits per heavy atom. The normalized spacial score (nSPS) is 13.3. The second kappa shape index (κ2) is 6.77. The quantitative estimate of drug-likeness (QED) is 0.790. The number of hydrogen-bond donors (Lipinski definition) is 1. The summed E-state index contributed by atoms with van der Waals surface area (Å²) in [5.41, 5.74) is 2.49. The van der Waals surface area contributed by atoms with Gasteiger partial charge in [-0.05, 0) is 11.8 Å². The molecule has 1 heterocycles. The molecule has 0 saturated carbocycles. The second-order valence-corrected chi connectivity index (χ2v) is 5.06. The van der Waals surface area contributed by atoms with Gasteiger partial charge in [-0.2, -0.15) is 5.10 Å². The fraction of sp³-hybridized carbons (Fsp3) is 0.769. The van der Waals surface area contributed by atoms with Crippen molar-refractivity contribution in [1.29, 1.82) is 0 Å². The monoisotopic (exact) mass is 239 g/mol. The molecule has 0 spiro atoms. The van der Waals surface area contributed by atoms with Gasteiger partial charge in [-0.15, -0.1) is 0 Å². The fourth-order valence-electron chi connectivity index (χ4n) is 1.97. The molecular weight excluding hydrogens is 214 g/mol. The number of nitrogens with zero attached hydrogens (tertiary/aromatic N) is 2. The van der Waals surface area contributed by atoms with E-state index in [0.717, 1.165) is 19.7 Å². The molecule has 0 saturated heterocycles. The predicted octanol–water partition coefficient (Wildman–Crippen LogP) is 1.92. The molecule has 0 aliphatic heterocycles. The Morgan fingerprint density at radius 3 is 2.71 bits per heavy atom. The molecule has 0 aromatic carbocycles. The fourth-order valence-corrected chi connectivity index (χ4v) is 1.97. The van der Waals surface area contributed by atoms with E-state index in [1.54, 1.807) is 7.11 Å². The molecule has 4 nitrogen and oxygen atoms in total. The Kier molecular flexibility index (Phi) is 5.65. The summed E-state index contributed by atoms with van der Waals surface area (Å²) in [6, 6.07) is 0. The Bertz CT molecular complexity index is 333. The summed E-state index contributed by atoms with van der Waals surface area (Å²) >= 11 is 0. The Balaban J connectivity index is 2.46. The largest absolute Gasteiger partial charge is 0.384 e. The lowest BCUT2D eigenvalue weighted by Crippen LogP contribution is -2.23. The van der Waals surface area contributed by atoms with E-state index in [0.29, 0.717) is 11.8 Å². The molecule has 1 rings (SSSR count). The first-order chi connectivity index (χ1) is 8.04. The number of aromatic nitrogens is 2. The van der Waals surface area contributed by atoms with E-state index in [1.807, 2.05) is 11.7 Å². The van der Waals surface area contributed by atoms with Crippen molar-refractivity contribution in [3.8, 4) is 0 Å².